The van der Waals surface area contributed by atoms with Gasteiger partial charge in [0.1, 0.15) is 5.75 Å². The van der Waals surface area contributed by atoms with Crippen LogP contribution in [0.5, 0.6) is 5.75 Å². The zero-order valence-electron chi connectivity index (χ0n) is 12.1. The quantitative estimate of drug-likeness (QED) is 0.813. The number of hydrogen-bond acceptors (Lipinski definition) is 2. The van der Waals surface area contributed by atoms with E-state index in [0.29, 0.717) is 5.69 Å². The van der Waals surface area contributed by atoms with Gasteiger partial charge in [-0.1, -0.05) is 51.0 Å². The van der Waals surface area contributed by atoms with Crippen LogP contribution in [0, 0.1) is 0 Å². The maximum atomic E-state index is 11.8. The Morgan fingerprint density at radius 2 is 1.45 bits per heavy atom. The third kappa shape index (κ3) is 5.61. The number of nitrogens with one attached hydrogen (secondary N) is 1. The molecule has 0 spiro atoms. The van der Waals surface area contributed by atoms with Crippen LogP contribution < -0.4 is 5.32 Å². The van der Waals surface area contributed by atoms with Crippen LogP contribution >= 0.6 is 0 Å². The fourth-order valence-electron chi connectivity index (χ4n) is 1.39. The summed E-state index contributed by atoms with van der Waals surface area (Å²) in [5.74, 6) is -0.333. The van der Waals surface area contributed by atoms with Crippen LogP contribution in [-0.4, -0.2) is 18.9 Å². The second-order valence-corrected chi connectivity index (χ2v) is 3.34. The molecule has 0 aromatic heterocycles. The largest absolute Gasteiger partial charge is 0.507 e. The molecular formula is C16H20BNO2. The van der Waals surface area contributed by atoms with Gasteiger partial charge in [0.05, 0.1) is 13.4 Å². The zero-order valence-corrected chi connectivity index (χ0v) is 12.1. The van der Waals surface area contributed by atoms with Gasteiger partial charge in [-0.15, -0.1) is 0 Å². The number of para-hydroxylation sites is 2. The number of phenols is 1. The van der Waals surface area contributed by atoms with E-state index in [2.05, 4.69) is 13.2 Å². The highest BCUT2D eigenvalue weighted by molar-refractivity contribution is 6.06. The van der Waals surface area contributed by atoms with Crippen LogP contribution in [0.4, 0.5) is 5.69 Å². The van der Waals surface area contributed by atoms with Crippen molar-refractivity contribution >= 4 is 19.4 Å². The lowest BCUT2D eigenvalue weighted by molar-refractivity contribution is 0.102. The van der Waals surface area contributed by atoms with Crippen LogP contribution in [0.2, 0.25) is 6.82 Å². The summed E-state index contributed by atoms with van der Waals surface area (Å²) in [6, 6.07) is 15.6. The predicted octanol–water partition coefficient (Wildman–Crippen LogP) is 3.87. The molecule has 1 amide bonds. The monoisotopic (exact) mass is 269 g/mol. The fraction of sp³-hybridized carbons (Fsp3) is 0.188. The first kappa shape index (κ1) is 17.8. The molecule has 0 heterocycles. The molecule has 0 bridgehead atoms. The Hall–Kier alpha value is -2.23. The SMILES string of the molecule is CC.O=C(Nc1ccccc1)c1ccccc1O.[B]C. The number of benzene rings is 2. The molecule has 0 aliphatic heterocycles. The molecule has 0 saturated carbocycles. The van der Waals surface area contributed by atoms with Crippen molar-refractivity contribution in [3.05, 3.63) is 60.2 Å². The van der Waals surface area contributed by atoms with Crippen molar-refractivity contribution in [1.29, 1.82) is 0 Å². The lowest BCUT2D eigenvalue weighted by Gasteiger charge is -2.05. The molecule has 2 radical (unpaired) electrons. The predicted molar refractivity (Wildman–Crippen MR) is 85.5 cm³/mol. The first-order valence-corrected chi connectivity index (χ1v) is 6.49. The summed E-state index contributed by atoms with van der Waals surface area (Å²) in [6.45, 7) is 5.50. The molecule has 2 rings (SSSR count). The van der Waals surface area contributed by atoms with Gasteiger partial charge in [-0.25, -0.2) is 0 Å². The minimum absolute atomic E-state index is 0.0177. The molecule has 0 aliphatic carbocycles. The fourth-order valence-corrected chi connectivity index (χ4v) is 1.39. The number of hydrogen-bond donors (Lipinski definition) is 2. The van der Waals surface area contributed by atoms with E-state index in [-0.39, 0.29) is 17.2 Å². The maximum absolute atomic E-state index is 11.8. The second kappa shape index (κ2) is 10.7. The van der Waals surface area contributed by atoms with E-state index in [0.717, 1.165) is 0 Å². The number of rotatable bonds is 2. The Morgan fingerprint density at radius 3 is 2.00 bits per heavy atom. The third-order valence-corrected chi connectivity index (χ3v) is 2.18. The van der Waals surface area contributed by atoms with Gasteiger partial charge in [-0.3, -0.25) is 4.79 Å². The van der Waals surface area contributed by atoms with Gasteiger partial charge in [0, 0.05) is 5.69 Å². The first-order valence-electron chi connectivity index (χ1n) is 6.49. The highest BCUT2D eigenvalue weighted by Crippen LogP contribution is 2.17. The van der Waals surface area contributed by atoms with Crippen molar-refractivity contribution in [2.24, 2.45) is 0 Å². The molecular weight excluding hydrogens is 249 g/mol. The van der Waals surface area contributed by atoms with E-state index in [1.165, 1.54) is 12.9 Å². The lowest BCUT2D eigenvalue weighted by Crippen LogP contribution is -2.11. The summed E-state index contributed by atoms with van der Waals surface area (Å²) in [5.41, 5.74) is 0.974. The summed E-state index contributed by atoms with van der Waals surface area (Å²) in [6.07, 6.45) is 0. The van der Waals surface area contributed by atoms with Crippen molar-refractivity contribution in [3.8, 4) is 5.75 Å². The average molecular weight is 269 g/mol. The minimum atomic E-state index is -0.315. The van der Waals surface area contributed by atoms with Crippen molar-refractivity contribution < 1.29 is 9.90 Å². The summed E-state index contributed by atoms with van der Waals surface area (Å²) >= 11 is 0. The Bertz CT molecular complexity index is 501. The standard InChI is InChI=1S/C13H11NO2.C2H6.CH3B/c15-12-9-5-4-8-11(12)13(16)14-10-6-2-1-3-7-10;2*1-2/h1-9,15H,(H,14,16);1-2H3;1H3. The summed E-state index contributed by atoms with van der Waals surface area (Å²) in [4.78, 5) is 11.8. The van der Waals surface area contributed by atoms with Crippen molar-refractivity contribution in [1.82, 2.24) is 0 Å². The number of anilines is 1. The molecule has 2 aromatic rings. The number of amides is 1. The van der Waals surface area contributed by atoms with Crippen molar-refractivity contribution in [2.75, 3.05) is 5.32 Å². The Balaban J connectivity index is 0.000000829. The average Bonchev–Trinajstić information content (AvgIpc) is 2.52. The van der Waals surface area contributed by atoms with Crippen molar-refractivity contribution in [3.63, 3.8) is 0 Å². The third-order valence-electron chi connectivity index (χ3n) is 2.18. The van der Waals surface area contributed by atoms with Crippen LogP contribution in [0.1, 0.15) is 24.2 Å². The Morgan fingerprint density at radius 1 is 0.950 bits per heavy atom. The molecule has 0 atom stereocenters. The van der Waals surface area contributed by atoms with Crippen LogP contribution in [-0.2, 0) is 0 Å². The van der Waals surface area contributed by atoms with E-state index >= 15 is 0 Å². The van der Waals surface area contributed by atoms with Gasteiger partial charge in [-0.05, 0) is 24.3 Å². The van der Waals surface area contributed by atoms with E-state index in [1.54, 1.807) is 30.3 Å². The molecule has 0 fully saturated rings. The maximum Gasteiger partial charge on any atom is 0.259 e. The summed E-state index contributed by atoms with van der Waals surface area (Å²) in [5, 5.41) is 12.2. The number of phenolic OH excluding ortho intramolecular Hbond substituents is 1. The topological polar surface area (TPSA) is 49.3 Å². The van der Waals surface area contributed by atoms with Gasteiger partial charge in [0.2, 0.25) is 0 Å². The van der Waals surface area contributed by atoms with E-state index in [1.807, 2.05) is 32.0 Å². The van der Waals surface area contributed by atoms with E-state index in [4.69, 9.17) is 0 Å². The smallest absolute Gasteiger partial charge is 0.259 e. The Kier molecular flexibility index (Phi) is 9.49. The van der Waals surface area contributed by atoms with Gasteiger partial charge in [0.15, 0.2) is 0 Å². The van der Waals surface area contributed by atoms with Crippen molar-refractivity contribution in [2.45, 2.75) is 20.7 Å². The first-order chi connectivity index (χ1) is 9.77. The van der Waals surface area contributed by atoms with Gasteiger partial charge < -0.3 is 10.4 Å². The molecule has 0 saturated heterocycles. The van der Waals surface area contributed by atoms with Crippen LogP contribution in [0.3, 0.4) is 0 Å². The Labute approximate surface area is 122 Å². The molecule has 3 nitrogen and oxygen atoms in total. The number of carbonyl (C=O) groups excluding carboxylic acids is 1. The molecule has 2 N–H and O–H groups in total. The molecule has 0 aliphatic rings. The van der Waals surface area contributed by atoms with E-state index < -0.39 is 0 Å². The lowest BCUT2D eigenvalue weighted by atomic mass is 10.2. The molecule has 104 valence electrons. The van der Waals surface area contributed by atoms with Gasteiger partial charge in [0.25, 0.3) is 5.91 Å². The van der Waals surface area contributed by atoms with Crippen LogP contribution in [0.15, 0.2) is 54.6 Å². The number of aromatic hydroxyl groups is 1. The summed E-state index contributed by atoms with van der Waals surface area (Å²) < 4.78 is 0. The highest BCUT2D eigenvalue weighted by Gasteiger charge is 2.09. The second-order valence-electron chi connectivity index (χ2n) is 3.34. The highest BCUT2D eigenvalue weighted by atomic mass is 16.3. The molecule has 2 aromatic carbocycles. The van der Waals surface area contributed by atoms with Crippen LogP contribution in [0.25, 0.3) is 0 Å². The molecule has 0 unspecified atom stereocenters. The minimum Gasteiger partial charge on any atom is -0.507 e. The zero-order chi connectivity index (χ0) is 15.4. The van der Waals surface area contributed by atoms with E-state index in [9.17, 15) is 9.90 Å². The number of carbonyl (C=O) groups is 1. The molecule has 4 heteroatoms. The van der Waals surface area contributed by atoms with Gasteiger partial charge >= 0.3 is 0 Å². The van der Waals surface area contributed by atoms with Gasteiger partial charge in [-0.2, -0.15) is 0 Å². The normalized spacial score (nSPS) is 8.35. The molecule has 20 heavy (non-hydrogen) atoms. The summed E-state index contributed by atoms with van der Waals surface area (Å²) in [7, 11) is 4.50.